The second kappa shape index (κ2) is 10.4. The van der Waals surface area contributed by atoms with E-state index in [4.69, 9.17) is 13.9 Å². The number of benzene rings is 2. The molecule has 10 heteroatoms. The molecule has 1 heterocycles. The van der Waals surface area contributed by atoms with Crippen LogP contribution in [0, 0.1) is 0 Å². The van der Waals surface area contributed by atoms with Crippen molar-refractivity contribution in [3.63, 3.8) is 0 Å². The summed E-state index contributed by atoms with van der Waals surface area (Å²) in [5.74, 6) is 1.18. The third-order valence-corrected chi connectivity index (χ3v) is 5.60. The van der Waals surface area contributed by atoms with Gasteiger partial charge in [-0.1, -0.05) is 24.3 Å². The van der Waals surface area contributed by atoms with Gasteiger partial charge >= 0.3 is 6.18 Å². The Morgan fingerprint density at radius 1 is 1.11 bits per heavy atom. The molecule has 1 N–H and O–H groups in total. The number of ether oxygens (including phenoxy) is 2. The van der Waals surface area contributed by atoms with E-state index in [-0.39, 0.29) is 36.6 Å². The van der Waals surface area contributed by atoms with Gasteiger partial charge in [0.25, 0.3) is 5.91 Å². The van der Waals surface area contributed by atoms with Gasteiger partial charge < -0.3 is 19.2 Å². The van der Waals surface area contributed by atoms with Crippen LogP contribution < -0.4 is 14.8 Å². The highest BCUT2D eigenvalue weighted by atomic mass is 19.4. The second-order valence-corrected chi connectivity index (χ2v) is 8.40. The highest BCUT2D eigenvalue weighted by Gasteiger charge is 2.30. The average Bonchev–Trinajstić information content (AvgIpc) is 3.52. The van der Waals surface area contributed by atoms with E-state index < -0.39 is 11.7 Å². The van der Waals surface area contributed by atoms with E-state index >= 15 is 0 Å². The summed E-state index contributed by atoms with van der Waals surface area (Å²) in [5, 5.41) is 2.85. The number of nitrogens with zero attached hydrogens (tertiary/aromatic N) is 2. The third kappa shape index (κ3) is 6.54. The maximum Gasteiger partial charge on any atom is 0.416 e. The molecule has 0 spiro atoms. The Morgan fingerprint density at radius 3 is 2.60 bits per heavy atom. The van der Waals surface area contributed by atoms with E-state index in [0.29, 0.717) is 23.6 Å². The first-order valence-corrected chi connectivity index (χ1v) is 11.1. The molecule has 0 atom stereocenters. The number of hydrogen-bond acceptors (Lipinski definition) is 6. The number of hydrogen-bond donors (Lipinski definition) is 1. The van der Waals surface area contributed by atoms with E-state index in [9.17, 15) is 18.0 Å². The molecule has 186 valence electrons. The number of methoxy groups -OCH3 is 2. The molecule has 4 rings (SSSR count). The van der Waals surface area contributed by atoms with Crippen LogP contribution in [0.4, 0.5) is 13.2 Å². The van der Waals surface area contributed by atoms with Crippen LogP contribution >= 0.6 is 0 Å². The largest absolute Gasteiger partial charge is 0.497 e. The quantitative estimate of drug-likeness (QED) is 0.441. The maximum atomic E-state index is 13.2. The molecule has 1 amide bonds. The Balaban J connectivity index is 1.57. The van der Waals surface area contributed by atoms with Crippen LogP contribution in [-0.4, -0.2) is 36.1 Å². The molecule has 0 bridgehead atoms. The minimum atomic E-state index is -4.44. The molecule has 1 fully saturated rings. The fraction of sp³-hybridized carbons (Fsp3) is 0.360. The molecule has 0 saturated heterocycles. The number of carbonyl (C=O) groups is 1. The predicted octanol–water partition coefficient (Wildman–Crippen LogP) is 4.81. The van der Waals surface area contributed by atoms with E-state index in [2.05, 4.69) is 10.3 Å². The molecule has 7 nitrogen and oxygen atoms in total. The van der Waals surface area contributed by atoms with Crippen LogP contribution in [0.5, 0.6) is 11.5 Å². The Morgan fingerprint density at radius 2 is 1.91 bits per heavy atom. The lowest BCUT2D eigenvalue weighted by Gasteiger charge is -2.23. The summed E-state index contributed by atoms with van der Waals surface area (Å²) in [6.07, 6.45) is -1.24. The van der Waals surface area contributed by atoms with Gasteiger partial charge in [-0.15, -0.1) is 0 Å². The molecule has 0 aliphatic heterocycles. The van der Waals surface area contributed by atoms with Gasteiger partial charge in [0.15, 0.2) is 5.69 Å². The van der Waals surface area contributed by atoms with Crippen molar-refractivity contribution in [1.29, 1.82) is 0 Å². The number of nitrogens with one attached hydrogen (secondary N) is 1. The van der Waals surface area contributed by atoms with Gasteiger partial charge in [0.2, 0.25) is 5.89 Å². The predicted molar refractivity (Wildman–Crippen MR) is 121 cm³/mol. The number of oxazole rings is 1. The number of aromatic nitrogens is 1. The van der Waals surface area contributed by atoms with Gasteiger partial charge in [0.1, 0.15) is 17.8 Å². The van der Waals surface area contributed by atoms with Crippen molar-refractivity contribution in [2.45, 2.75) is 44.7 Å². The topological polar surface area (TPSA) is 76.8 Å². The molecule has 1 aliphatic carbocycles. The molecular formula is C25H26F3N3O4. The Kier molecular flexibility index (Phi) is 7.30. The van der Waals surface area contributed by atoms with Gasteiger partial charge in [0, 0.05) is 30.8 Å². The number of rotatable bonds is 10. The Labute approximate surface area is 200 Å². The highest BCUT2D eigenvalue weighted by Crippen LogP contribution is 2.31. The van der Waals surface area contributed by atoms with Crippen LogP contribution in [0.15, 0.2) is 53.1 Å². The van der Waals surface area contributed by atoms with E-state index in [1.165, 1.54) is 19.4 Å². The third-order valence-electron chi connectivity index (χ3n) is 5.60. The highest BCUT2D eigenvalue weighted by molar-refractivity contribution is 5.92. The van der Waals surface area contributed by atoms with Crippen LogP contribution in [0.3, 0.4) is 0 Å². The summed E-state index contributed by atoms with van der Waals surface area (Å²) in [7, 11) is 3.09. The molecule has 3 aromatic rings. The van der Waals surface area contributed by atoms with Crippen LogP contribution in [0.1, 0.15) is 45.9 Å². The van der Waals surface area contributed by atoms with Crippen molar-refractivity contribution in [2.75, 3.05) is 14.2 Å². The summed E-state index contributed by atoms with van der Waals surface area (Å²) in [6.45, 7) is 0.683. The smallest absolute Gasteiger partial charge is 0.416 e. The zero-order valence-electron chi connectivity index (χ0n) is 19.4. The van der Waals surface area contributed by atoms with Gasteiger partial charge in [-0.2, -0.15) is 13.2 Å². The molecular weight excluding hydrogens is 463 g/mol. The van der Waals surface area contributed by atoms with Crippen molar-refractivity contribution < 1.29 is 31.9 Å². The second-order valence-electron chi connectivity index (χ2n) is 8.40. The van der Waals surface area contributed by atoms with Crippen LogP contribution in [0.2, 0.25) is 0 Å². The number of amides is 1. The zero-order valence-corrected chi connectivity index (χ0v) is 19.4. The van der Waals surface area contributed by atoms with E-state index in [1.807, 2.05) is 11.0 Å². The molecule has 35 heavy (non-hydrogen) atoms. The lowest BCUT2D eigenvalue weighted by molar-refractivity contribution is -0.137. The van der Waals surface area contributed by atoms with Crippen molar-refractivity contribution in [3.8, 4) is 11.5 Å². The monoisotopic (exact) mass is 489 g/mol. The first-order chi connectivity index (χ1) is 16.7. The van der Waals surface area contributed by atoms with Crippen molar-refractivity contribution in [3.05, 3.63) is 77.0 Å². The minimum Gasteiger partial charge on any atom is -0.497 e. The number of carbonyl (C=O) groups excluding carboxylic acids is 1. The molecule has 1 aliphatic rings. The van der Waals surface area contributed by atoms with Gasteiger partial charge in [-0.25, -0.2) is 4.98 Å². The van der Waals surface area contributed by atoms with Crippen LogP contribution in [-0.2, 0) is 25.8 Å². The van der Waals surface area contributed by atoms with Crippen molar-refractivity contribution >= 4 is 5.91 Å². The normalized spacial score (nSPS) is 13.7. The molecule has 0 unspecified atom stereocenters. The summed E-state index contributed by atoms with van der Waals surface area (Å²) in [5.41, 5.74) is 0.740. The zero-order chi connectivity index (χ0) is 25.0. The van der Waals surface area contributed by atoms with E-state index in [1.54, 1.807) is 25.3 Å². The SMILES string of the molecule is COc1ccc(CN(Cc2cccc(C(F)(F)F)c2)Cc2nc(C(=O)NC3CC3)co2)c(OC)c1. The first-order valence-electron chi connectivity index (χ1n) is 11.1. The van der Waals surface area contributed by atoms with Gasteiger partial charge in [-0.3, -0.25) is 9.69 Å². The molecule has 1 aromatic heterocycles. The maximum absolute atomic E-state index is 13.2. The minimum absolute atomic E-state index is 0.169. The molecule has 1 saturated carbocycles. The van der Waals surface area contributed by atoms with Gasteiger partial charge in [-0.05, 0) is 30.5 Å². The lowest BCUT2D eigenvalue weighted by Crippen LogP contribution is -2.26. The summed E-state index contributed by atoms with van der Waals surface area (Å²) in [4.78, 5) is 18.4. The average molecular weight is 489 g/mol. The fourth-order valence-corrected chi connectivity index (χ4v) is 3.66. The van der Waals surface area contributed by atoms with Crippen molar-refractivity contribution in [2.24, 2.45) is 0 Å². The van der Waals surface area contributed by atoms with Crippen molar-refractivity contribution in [1.82, 2.24) is 15.2 Å². The Hall–Kier alpha value is -3.53. The van der Waals surface area contributed by atoms with Crippen LogP contribution in [0.25, 0.3) is 0 Å². The number of alkyl halides is 3. The molecule has 2 aromatic carbocycles. The molecule has 0 radical (unpaired) electrons. The first kappa shape index (κ1) is 24.6. The fourth-order valence-electron chi connectivity index (χ4n) is 3.66. The van der Waals surface area contributed by atoms with Gasteiger partial charge in [0.05, 0.1) is 26.3 Å². The summed E-state index contributed by atoms with van der Waals surface area (Å²) < 4.78 is 56.0. The number of halogens is 3. The Bertz CT molecular complexity index is 1170. The van der Waals surface area contributed by atoms with E-state index in [0.717, 1.165) is 30.5 Å². The standard InChI is InChI=1S/C25H26F3N3O4/c1-33-20-9-6-17(22(11-20)34-2)13-31(12-16-4-3-5-18(10-16)25(26,27)28)14-23-30-21(15-35-23)24(32)29-19-7-8-19/h3-6,9-11,15,19H,7-8,12-14H2,1-2H3,(H,29,32). The summed E-state index contributed by atoms with van der Waals surface area (Å²) in [6, 6.07) is 10.7. The summed E-state index contributed by atoms with van der Waals surface area (Å²) >= 11 is 0. The lowest BCUT2D eigenvalue weighted by atomic mass is 10.1.